The van der Waals surface area contributed by atoms with Crippen molar-refractivity contribution < 1.29 is 4.52 Å². The third kappa shape index (κ3) is 3.93. The van der Waals surface area contributed by atoms with Crippen molar-refractivity contribution in [3.8, 4) is 0 Å². The topological polar surface area (TPSA) is 71.4 Å². The van der Waals surface area contributed by atoms with Gasteiger partial charge in [0.15, 0.2) is 0 Å². The number of hydrogen-bond donors (Lipinski definition) is 1. The zero-order chi connectivity index (χ0) is 14.8. The van der Waals surface area contributed by atoms with E-state index in [1.807, 2.05) is 0 Å². The van der Waals surface area contributed by atoms with Crippen LogP contribution in [-0.4, -0.2) is 54.8 Å². The van der Waals surface area contributed by atoms with E-state index in [-0.39, 0.29) is 11.3 Å². The molecular formula is C14H27N5O. The first-order valence-corrected chi connectivity index (χ1v) is 7.36. The van der Waals surface area contributed by atoms with Crippen LogP contribution < -0.4 is 10.6 Å². The first-order valence-electron chi connectivity index (χ1n) is 7.36. The molecule has 2 N–H and O–H groups in total. The van der Waals surface area contributed by atoms with Crippen LogP contribution >= 0.6 is 0 Å². The lowest BCUT2D eigenvalue weighted by Gasteiger charge is -2.31. The fraction of sp³-hybridized carbons (Fsp3) is 0.857. The van der Waals surface area contributed by atoms with Gasteiger partial charge < -0.3 is 20.1 Å². The van der Waals surface area contributed by atoms with E-state index in [1.165, 1.54) is 0 Å². The van der Waals surface area contributed by atoms with Crippen molar-refractivity contribution >= 4 is 5.95 Å². The van der Waals surface area contributed by atoms with E-state index in [1.54, 1.807) is 0 Å². The minimum Gasteiger partial charge on any atom is -0.337 e. The largest absolute Gasteiger partial charge is 0.337 e. The monoisotopic (exact) mass is 281 g/mol. The van der Waals surface area contributed by atoms with Gasteiger partial charge in [-0.25, -0.2) is 0 Å². The van der Waals surface area contributed by atoms with Crippen molar-refractivity contribution in [1.29, 1.82) is 0 Å². The Labute approximate surface area is 121 Å². The summed E-state index contributed by atoms with van der Waals surface area (Å²) < 4.78 is 5.45. The van der Waals surface area contributed by atoms with Gasteiger partial charge in [-0.1, -0.05) is 20.8 Å². The summed E-state index contributed by atoms with van der Waals surface area (Å²) in [5.74, 6) is 1.53. The molecule has 1 aliphatic heterocycles. The molecule has 0 radical (unpaired) electrons. The molecule has 6 nitrogen and oxygen atoms in total. The first-order chi connectivity index (χ1) is 9.39. The maximum Gasteiger partial charge on any atom is 0.266 e. The second-order valence-electron chi connectivity index (χ2n) is 6.92. The molecule has 0 spiro atoms. The third-order valence-electron chi connectivity index (χ3n) is 3.71. The zero-order valence-corrected chi connectivity index (χ0v) is 13.1. The molecular weight excluding hydrogens is 254 g/mol. The molecule has 0 aromatic carbocycles. The molecule has 1 aliphatic rings. The van der Waals surface area contributed by atoms with Crippen LogP contribution in [-0.2, 0) is 0 Å². The molecule has 1 fully saturated rings. The SMILES string of the molecule is CN1CCN(c2noc(C(CN)CC(C)(C)C)n2)CC1. The highest BCUT2D eigenvalue weighted by Crippen LogP contribution is 2.30. The summed E-state index contributed by atoms with van der Waals surface area (Å²) in [6.07, 6.45) is 0.952. The predicted molar refractivity (Wildman–Crippen MR) is 79.9 cm³/mol. The minimum atomic E-state index is 0.142. The minimum absolute atomic E-state index is 0.142. The molecule has 1 saturated heterocycles. The first kappa shape index (κ1) is 15.3. The quantitative estimate of drug-likeness (QED) is 0.897. The van der Waals surface area contributed by atoms with Crippen molar-refractivity contribution in [2.24, 2.45) is 11.1 Å². The average molecular weight is 281 g/mol. The number of likely N-dealkylation sites (N-methyl/N-ethyl adjacent to an activating group) is 1. The number of nitrogens with zero attached hydrogens (tertiary/aromatic N) is 4. The van der Waals surface area contributed by atoms with E-state index in [4.69, 9.17) is 10.3 Å². The molecule has 0 aliphatic carbocycles. The highest BCUT2D eigenvalue weighted by Gasteiger charge is 2.26. The predicted octanol–water partition coefficient (Wildman–Crippen LogP) is 1.30. The van der Waals surface area contributed by atoms with E-state index < -0.39 is 0 Å². The van der Waals surface area contributed by atoms with Gasteiger partial charge in [-0.3, -0.25) is 0 Å². The molecule has 0 saturated carbocycles. The van der Waals surface area contributed by atoms with E-state index in [2.05, 4.69) is 47.8 Å². The maximum atomic E-state index is 5.87. The van der Waals surface area contributed by atoms with E-state index in [9.17, 15) is 0 Å². The standard InChI is InChI=1S/C14H27N5O/c1-14(2,3)9-11(10-15)12-16-13(17-20-12)19-7-5-18(4)6-8-19/h11H,5-10,15H2,1-4H3. The van der Waals surface area contributed by atoms with E-state index in [0.717, 1.165) is 32.6 Å². The number of rotatable bonds is 4. The smallest absolute Gasteiger partial charge is 0.266 e. The Balaban J connectivity index is 2.03. The van der Waals surface area contributed by atoms with Crippen LogP contribution in [0.25, 0.3) is 0 Å². The molecule has 1 aromatic rings. The van der Waals surface area contributed by atoms with Gasteiger partial charge in [0.1, 0.15) is 0 Å². The number of piperazine rings is 1. The molecule has 20 heavy (non-hydrogen) atoms. The summed E-state index contributed by atoms with van der Waals surface area (Å²) in [7, 11) is 2.13. The molecule has 2 heterocycles. The Morgan fingerprint density at radius 3 is 2.45 bits per heavy atom. The lowest BCUT2D eigenvalue weighted by Crippen LogP contribution is -2.44. The summed E-state index contributed by atoms with van der Waals surface area (Å²) in [4.78, 5) is 9.05. The van der Waals surface area contributed by atoms with Gasteiger partial charge in [0.05, 0.1) is 5.92 Å². The average Bonchev–Trinajstić information content (AvgIpc) is 2.85. The second kappa shape index (κ2) is 6.10. The Morgan fingerprint density at radius 2 is 1.90 bits per heavy atom. The van der Waals surface area contributed by atoms with E-state index >= 15 is 0 Å². The van der Waals surface area contributed by atoms with Gasteiger partial charge in [0.25, 0.3) is 5.95 Å². The van der Waals surface area contributed by atoms with E-state index in [0.29, 0.717) is 18.4 Å². The van der Waals surface area contributed by atoms with Crippen LogP contribution in [0.4, 0.5) is 5.95 Å². The number of anilines is 1. The van der Waals surface area contributed by atoms with Gasteiger partial charge in [-0.2, -0.15) is 4.98 Å². The molecule has 1 atom stereocenters. The van der Waals surface area contributed by atoms with Crippen LogP contribution in [0.15, 0.2) is 4.52 Å². The molecule has 0 amide bonds. The molecule has 0 bridgehead atoms. The highest BCUT2D eigenvalue weighted by atomic mass is 16.5. The summed E-state index contributed by atoms with van der Waals surface area (Å²) in [5.41, 5.74) is 6.07. The Bertz CT molecular complexity index is 417. The van der Waals surface area contributed by atoms with Crippen molar-refractivity contribution in [3.63, 3.8) is 0 Å². The maximum absolute atomic E-state index is 5.87. The fourth-order valence-corrected chi connectivity index (χ4v) is 2.54. The van der Waals surface area contributed by atoms with Crippen molar-refractivity contribution in [2.45, 2.75) is 33.1 Å². The van der Waals surface area contributed by atoms with Gasteiger partial charge >= 0.3 is 0 Å². The van der Waals surface area contributed by atoms with Crippen molar-refractivity contribution in [2.75, 3.05) is 44.7 Å². The summed E-state index contributed by atoms with van der Waals surface area (Å²) in [6, 6.07) is 0. The highest BCUT2D eigenvalue weighted by molar-refractivity contribution is 5.29. The second-order valence-corrected chi connectivity index (χ2v) is 6.92. The summed E-state index contributed by atoms with van der Waals surface area (Å²) in [6.45, 7) is 11.1. The Hall–Kier alpha value is -1.14. The van der Waals surface area contributed by atoms with Crippen LogP contribution in [0.3, 0.4) is 0 Å². The number of nitrogens with two attached hydrogens (primary N) is 1. The molecule has 1 unspecified atom stereocenters. The Kier molecular flexibility index (Phi) is 4.65. The summed E-state index contributed by atoms with van der Waals surface area (Å²) >= 11 is 0. The van der Waals surface area contributed by atoms with Crippen molar-refractivity contribution in [1.82, 2.24) is 15.0 Å². The Morgan fingerprint density at radius 1 is 1.25 bits per heavy atom. The normalized spacial score (nSPS) is 19.4. The van der Waals surface area contributed by atoms with Crippen LogP contribution in [0.5, 0.6) is 0 Å². The fourth-order valence-electron chi connectivity index (χ4n) is 2.54. The number of aromatic nitrogens is 2. The van der Waals surface area contributed by atoms with Gasteiger partial charge in [0, 0.05) is 32.7 Å². The van der Waals surface area contributed by atoms with Crippen LogP contribution in [0.1, 0.15) is 39.0 Å². The lowest BCUT2D eigenvalue weighted by atomic mass is 9.84. The lowest BCUT2D eigenvalue weighted by molar-refractivity contribution is 0.285. The van der Waals surface area contributed by atoms with Gasteiger partial charge in [-0.15, -0.1) is 0 Å². The molecule has 1 aromatic heterocycles. The summed E-state index contributed by atoms with van der Waals surface area (Å²) in [5, 5.41) is 4.13. The van der Waals surface area contributed by atoms with Gasteiger partial charge in [-0.05, 0) is 24.0 Å². The van der Waals surface area contributed by atoms with Crippen molar-refractivity contribution in [3.05, 3.63) is 5.89 Å². The molecule has 6 heteroatoms. The van der Waals surface area contributed by atoms with Crippen LogP contribution in [0, 0.1) is 5.41 Å². The van der Waals surface area contributed by atoms with Crippen LogP contribution in [0.2, 0.25) is 0 Å². The number of hydrogen-bond acceptors (Lipinski definition) is 6. The zero-order valence-electron chi connectivity index (χ0n) is 13.1. The molecule has 2 rings (SSSR count). The van der Waals surface area contributed by atoms with Gasteiger partial charge in [0.2, 0.25) is 5.89 Å². The third-order valence-corrected chi connectivity index (χ3v) is 3.71. The molecule has 114 valence electrons.